The van der Waals surface area contributed by atoms with Gasteiger partial charge in [0.25, 0.3) is 0 Å². The summed E-state index contributed by atoms with van der Waals surface area (Å²) in [6, 6.07) is 18.1. The topological polar surface area (TPSA) is 97.8 Å². The number of carbonyl (C=O) groups excluding carboxylic acids is 1. The van der Waals surface area contributed by atoms with Crippen molar-refractivity contribution >= 4 is 23.1 Å². The maximum atomic E-state index is 11.2. The average Bonchev–Trinajstić information content (AvgIpc) is 3.22. The zero-order chi connectivity index (χ0) is 22.1. The Morgan fingerprint density at radius 2 is 2.03 bits per heavy atom. The van der Waals surface area contributed by atoms with E-state index < -0.39 is 0 Å². The SMILES string of the molecule is COc1ccccc1-c1ccc2cnc(Nc3ccc4c(c3)CCN(CC(N)=O)C4)nn12. The molecule has 0 unspecified atom stereocenters. The molecular weight excluding hydrogens is 404 g/mol. The molecule has 3 heterocycles. The maximum absolute atomic E-state index is 11.2. The molecule has 5 rings (SSSR count). The molecule has 1 amide bonds. The van der Waals surface area contributed by atoms with E-state index >= 15 is 0 Å². The molecule has 3 N–H and O–H groups in total. The Morgan fingerprint density at radius 1 is 1.16 bits per heavy atom. The Morgan fingerprint density at radius 3 is 2.88 bits per heavy atom. The van der Waals surface area contributed by atoms with Gasteiger partial charge in [0.05, 0.1) is 31.1 Å². The van der Waals surface area contributed by atoms with Gasteiger partial charge in [-0.1, -0.05) is 18.2 Å². The van der Waals surface area contributed by atoms with Crippen molar-refractivity contribution in [3.8, 4) is 17.0 Å². The lowest BCUT2D eigenvalue weighted by molar-refractivity contribution is -0.119. The van der Waals surface area contributed by atoms with E-state index in [4.69, 9.17) is 15.6 Å². The van der Waals surface area contributed by atoms with Crippen LogP contribution in [0.5, 0.6) is 5.75 Å². The van der Waals surface area contributed by atoms with Gasteiger partial charge in [0.2, 0.25) is 11.9 Å². The number of methoxy groups -OCH3 is 1. The molecule has 0 atom stereocenters. The van der Waals surface area contributed by atoms with E-state index in [1.807, 2.05) is 47.0 Å². The van der Waals surface area contributed by atoms with Crippen LogP contribution in [0.4, 0.5) is 11.6 Å². The largest absolute Gasteiger partial charge is 0.496 e. The highest BCUT2D eigenvalue weighted by Crippen LogP contribution is 2.31. The summed E-state index contributed by atoms with van der Waals surface area (Å²) in [6.07, 6.45) is 2.67. The predicted molar refractivity (Wildman–Crippen MR) is 123 cm³/mol. The molecule has 0 aliphatic carbocycles. The predicted octanol–water partition coefficient (Wildman–Crippen LogP) is 2.99. The lowest BCUT2D eigenvalue weighted by Gasteiger charge is -2.27. The number of ether oxygens (including phenoxy) is 1. The molecular formula is C24H24N6O2. The molecule has 0 spiro atoms. The molecule has 0 saturated carbocycles. The van der Waals surface area contributed by atoms with Gasteiger partial charge in [-0.05, 0) is 53.9 Å². The highest BCUT2D eigenvalue weighted by Gasteiger charge is 2.18. The lowest BCUT2D eigenvalue weighted by Crippen LogP contribution is -2.37. The third-order valence-corrected chi connectivity index (χ3v) is 5.71. The molecule has 2 aromatic carbocycles. The van der Waals surface area contributed by atoms with Gasteiger partial charge in [0, 0.05) is 24.3 Å². The normalized spacial score (nSPS) is 13.7. The first kappa shape index (κ1) is 20.0. The number of carbonyl (C=O) groups is 1. The van der Waals surface area contributed by atoms with Crippen LogP contribution in [0.15, 0.2) is 60.8 Å². The average molecular weight is 428 g/mol. The summed E-state index contributed by atoms with van der Waals surface area (Å²) in [6.45, 7) is 1.83. The second kappa shape index (κ2) is 8.32. The van der Waals surface area contributed by atoms with Crippen molar-refractivity contribution in [3.63, 3.8) is 0 Å². The fourth-order valence-electron chi connectivity index (χ4n) is 4.19. The van der Waals surface area contributed by atoms with Gasteiger partial charge in [-0.25, -0.2) is 9.50 Å². The van der Waals surface area contributed by atoms with Crippen LogP contribution in [0, 0.1) is 0 Å². The molecule has 8 heteroatoms. The number of para-hydroxylation sites is 1. The van der Waals surface area contributed by atoms with E-state index in [1.54, 1.807) is 13.3 Å². The first-order valence-electron chi connectivity index (χ1n) is 10.5. The molecule has 8 nitrogen and oxygen atoms in total. The molecule has 0 saturated heterocycles. The number of amides is 1. The second-order valence-corrected chi connectivity index (χ2v) is 7.87. The van der Waals surface area contributed by atoms with Crippen LogP contribution < -0.4 is 15.8 Å². The van der Waals surface area contributed by atoms with Crippen molar-refractivity contribution in [2.75, 3.05) is 25.5 Å². The minimum atomic E-state index is -0.295. The van der Waals surface area contributed by atoms with Crippen LogP contribution in [-0.4, -0.2) is 45.6 Å². The standard InChI is InChI=1S/C24H24N6O2/c1-32-22-5-3-2-4-20(22)21-9-8-19-13-26-24(28-30(19)21)27-18-7-6-17-14-29(15-23(25)31)11-10-16(17)12-18/h2-9,12-13H,10-11,14-15H2,1H3,(H2,25,31)(H,27,28). The Kier molecular flexibility index (Phi) is 5.20. The fourth-order valence-corrected chi connectivity index (χ4v) is 4.19. The summed E-state index contributed by atoms with van der Waals surface area (Å²) < 4.78 is 7.39. The molecule has 0 radical (unpaired) electrons. The minimum Gasteiger partial charge on any atom is -0.496 e. The number of benzene rings is 2. The van der Waals surface area contributed by atoms with Gasteiger partial charge in [-0.2, -0.15) is 0 Å². The highest BCUT2D eigenvalue weighted by atomic mass is 16.5. The van der Waals surface area contributed by atoms with Gasteiger partial charge in [-0.3, -0.25) is 9.69 Å². The van der Waals surface area contributed by atoms with Crippen LogP contribution in [0.1, 0.15) is 11.1 Å². The van der Waals surface area contributed by atoms with Crippen LogP contribution >= 0.6 is 0 Å². The van der Waals surface area contributed by atoms with Gasteiger partial charge in [0.1, 0.15) is 5.75 Å². The zero-order valence-electron chi connectivity index (χ0n) is 17.8. The van der Waals surface area contributed by atoms with Crippen molar-refractivity contribution in [2.24, 2.45) is 5.73 Å². The molecule has 1 aliphatic rings. The lowest BCUT2D eigenvalue weighted by atomic mass is 9.99. The summed E-state index contributed by atoms with van der Waals surface area (Å²) in [7, 11) is 1.67. The number of primary amides is 1. The third-order valence-electron chi connectivity index (χ3n) is 5.71. The van der Waals surface area contributed by atoms with Crippen LogP contribution in [-0.2, 0) is 17.8 Å². The van der Waals surface area contributed by atoms with E-state index in [9.17, 15) is 4.79 Å². The number of hydrogen-bond acceptors (Lipinski definition) is 6. The number of fused-ring (bicyclic) bond motifs is 2. The van der Waals surface area contributed by atoms with Gasteiger partial charge < -0.3 is 15.8 Å². The van der Waals surface area contributed by atoms with E-state index in [0.29, 0.717) is 12.5 Å². The molecule has 0 bridgehead atoms. The Hall–Kier alpha value is -3.91. The highest BCUT2D eigenvalue weighted by molar-refractivity contribution is 5.76. The van der Waals surface area contributed by atoms with Crippen molar-refractivity contribution in [3.05, 3.63) is 71.9 Å². The van der Waals surface area contributed by atoms with E-state index in [1.165, 1.54) is 11.1 Å². The van der Waals surface area contributed by atoms with Crippen molar-refractivity contribution < 1.29 is 9.53 Å². The summed E-state index contributed by atoms with van der Waals surface area (Å²) in [5, 5.41) is 8.04. The van der Waals surface area contributed by atoms with Crippen LogP contribution in [0.2, 0.25) is 0 Å². The first-order chi connectivity index (χ1) is 15.6. The molecule has 32 heavy (non-hydrogen) atoms. The van der Waals surface area contributed by atoms with Gasteiger partial charge >= 0.3 is 0 Å². The Bertz CT molecular complexity index is 1300. The Balaban J connectivity index is 1.41. The molecule has 1 aliphatic heterocycles. The van der Waals surface area contributed by atoms with E-state index in [0.717, 1.165) is 47.7 Å². The number of nitrogens with two attached hydrogens (primary N) is 1. The summed E-state index contributed by atoms with van der Waals surface area (Å²) in [4.78, 5) is 17.8. The monoisotopic (exact) mass is 428 g/mol. The summed E-state index contributed by atoms with van der Waals surface area (Å²) in [5.41, 5.74) is 11.5. The fraction of sp³-hybridized carbons (Fsp3) is 0.208. The number of nitrogens with one attached hydrogen (secondary N) is 1. The first-order valence-corrected chi connectivity index (χ1v) is 10.5. The number of rotatable bonds is 6. The number of anilines is 2. The summed E-state index contributed by atoms with van der Waals surface area (Å²) >= 11 is 0. The summed E-state index contributed by atoms with van der Waals surface area (Å²) in [5.74, 6) is 1.01. The number of nitrogens with zero attached hydrogens (tertiary/aromatic N) is 4. The molecule has 162 valence electrons. The van der Waals surface area contributed by atoms with Crippen LogP contribution in [0.25, 0.3) is 16.8 Å². The molecule has 2 aromatic heterocycles. The minimum absolute atomic E-state index is 0.290. The number of hydrogen-bond donors (Lipinski definition) is 2. The third kappa shape index (κ3) is 3.88. The van der Waals surface area contributed by atoms with Crippen molar-refractivity contribution in [1.82, 2.24) is 19.5 Å². The second-order valence-electron chi connectivity index (χ2n) is 7.87. The van der Waals surface area contributed by atoms with E-state index in [-0.39, 0.29) is 5.91 Å². The van der Waals surface area contributed by atoms with Crippen molar-refractivity contribution in [1.29, 1.82) is 0 Å². The van der Waals surface area contributed by atoms with E-state index in [2.05, 4.69) is 27.3 Å². The molecule has 0 fully saturated rings. The maximum Gasteiger partial charge on any atom is 0.245 e. The zero-order valence-corrected chi connectivity index (χ0v) is 17.8. The Labute approximate surface area is 185 Å². The van der Waals surface area contributed by atoms with Gasteiger partial charge in [-0.15, -0.1) is 5.10 Å². The van der Waals surface area contributed by atoms with Crippen LogP contribution in [0.3, 0.4) is 0 Å². The smallest absolute Gasteiger partial charge is 0.245 e. The van der Waals surface area contributed by atoms with Crippen molar-refractivity contribution in [2.45, 2.75) is 13.0 Å². The quantitative estimate of drug-likeness (QED) is 0.490. The van der Waals surface area contributed by atoms with Gasteiger partial charge in [0.15, 0.2) is 0 Å². The molecule has 4 aromatic rings. The number of aromatic nitrogens is 3.